The molecule has 0 saturated heterocycles. The molecule has 0 fully saturated rings. The molecular weight excluding hydrogens is 312 g/mol. The van der Waals surface area contributed by atoms with Crippen molar-refractivity contribution in [2.75, 3.05) is 6.61 Å². The first-order valence-corrected chi connectivity index (χ1v) is 8.60. The molecule has 3 nitrogen and oxygen atoms in total. The molecule has 0 radical (unpaired) electrons. The summed E-state index contributed by atoms with van der Waals surface area (Å²) < 4.78 is 11.3. The Morgan fingerprint density at radius 1 is 0.920 bits per heavy atom. The SMILES string of the molecule is Cc1cc(C)c(C)c(OCC(=O)Oc2ccc(C)cc2C(C)(C)C)c1. The maximum Gasteiger partial charge on any atom is 0.349 e. The normalized spacial score (nSPS) is 11.3. The molecule has 0 amide bonds. The highest BCUT2D eigenvalue weighted by molar-refractivity contribution is 5.74. The summed E-state index contributed by atoms with van der Waals surface area (Å²) in [5.41, 5.74) is 5.36. The average Bonchev–Trinajstić information content (AvgIpc) is 2.50. The Balaban J connectivity index is 2.12. The summed E-state index contributed by atoms with van der Waals surface area (Å²) in [4.78, 5) is 12.3. The van der Waals surface area contributed by atoms with Crippen LogP contribution in [0.25, 0.3) is 0 Å². The molecule has 0 aliphatic carbocycles. The molecule has 2 aromatic rings. The molecule has 3 heteroatoms. The number of carbonyl (C=O) groups excluding carboxylic acids is 1. The van der Waals surface area contributed by atoms with Gasteiger partial charge in [0.25, 0.3) is 0 Å². The van der Waals surface area contributed by atoms with Crippen molar-refractivity contribution in [2.45, 2.75) is 53.9 Å². The van der Waals surface area contributed by atoms with Gasteiger partial charge in [0.15, 0.2) is 6.61 Å². The maximum atomic E-state index is 12.3. The van der Waals surface area contributed by atoms with Gasteiger partial charge in [-0.25, -0.2) is 4.79 Å². The van der Waals surface area contributed by atoms with Crippen LogP contribution in [0.4, 0.5) is 0 Å². The van der Waals surface area contributed by atoms with Crippen LogP contribution in [0.2, 0.25) is 0 Å². The van der Waals surface area contributed by atoms with Gasteiger partial charge in [-0.05, 0) is 61.9 Å². The quantitative estimate of drug-likeness (QED) is 0.567. The van der Waals surface area contributed by atoms with Crippen LogP contribution in [0.15, 0.2) is 30.3 Å². The van der Waals surface area contributed by atoms with Gasteiger partial charge in [0.05, 0.1) is 0 Å². The highest BCUT2D eigenvalue weighted by atomic mass is 16.6. The van der Waals surface area contributed by atoms with Gasteiger partial charge in [0, 0.05) is 5.56 Å². The molecule has 0 atom stereocenters. The molecule has 0 unspecified atom stereocenters. The van der Waals surface area contributed by atoms with Crippen LogP contribution < -0.4 is 9.47 Å². The van der Waals surface area contributed by atoms with Crippen molar-refractivity contribution in [1.82, 2.24) is 0 Å². The van der Waals surface area contributed by atoms with Crippen molar-refractivity contribution in [3.63, 3.8) is 0 Å². The van der Waals surface area contributed by atoms with Gasteiger partial charge in [0.1, 0.15) is 11.5 Å². The zero-order chi connectivity index (χ0) is 18.8. The van der Waals surface area contributed by atoms with Crippen molar-refractivity contribution in [3.05, 3.63) is 58.1 Å². The molecule has 0 N–H and O–H groups in total. The summed E-state index contributed by atoms with van der Waals surface area (Å²) in [5, 5.41) is 0. The third kappa shape index (κ3) is 4.85. The predicted molar refractivity (Wildman–Crippen MR) is 102 cm³/mol. The van der Waals surface area contributed by atoms with Crippen molar-refractivity contribution in [1.29, 1.82) is 0 Å². The van der Waals surface area contributed by atoms with E-state index in [1.54, 1.807) is 0 Å². The summed E-state index contributed by atoms with van der Waals surface area (Å²) in [6.45, 7) is 14.3. The Bertz CT molecular complexity index is 783. The predicted octanol–water partition coefficient (Wildman–Crippen LogP) is 5.20. The Kier molecular flexibility index (Phi) is 5.56. The van der Waals surface area contributed by atoms with Gasteiger partial charge >= 0.3 is 5.97 Å². The maximum absolute atomic E-state index is 12.3. The van der Waals surface area contributed by atoms with Gasteiger partial charge in [-0.3, -0.25) is 0 Å². The molecule has 0 saturated carbocycles. The molecule has 0 aliphatic heterocycles. The van der Waals surface area contributed by atoms with Crippen LogP contribution in [0.1, 0.15) is 48.6 Å². The Morgan fingerprint density at radius 2 is 1.60 bits per heavy atom. The molecule has 0 aliphatic rings. The van der Waals surface area contributed by atoms with Crippen molar-refractivity contribution in [2.24, 2.45) is 0 Å². The van der Waals surface area contributed by atoms with Gasteiger partial charge in [-0.15, -0.1) is 0 Å². The fourth-order valence-corrected chi connectivity index (χ4v) is 2.76. The average molecular weight is 340 g/mol. The molecule has 25 heavy (non-hydrogen) atoms. The number of benzene rings is 2. The van der Waals surface area contributed by atoms with Crippen LogP contribution in [0, 0.1) is 27.7 Å². The minimum absolute atomic E-state index is 0.104. The topological polar surface area (TPSA) is 35.5 Å². The lowest BCUT2D eigenvalue weighted by Crippen LogP contribution is -2.21. The summed E-state index contributed by atoms with van der Waals surface area (Å²) in [7, 11) is 0. The number of esters is 1. The van der Waals surface area contributed by atoms with E-state index in [0.29, 0.717) is 5.75 Å². The first-order chi connectivity index (χ1) is 11.6. The summed E-state index contributed by atoms with van der Waals surface area (Å²) in [6, 6.07) is 9.92. The van der Waals surface area contributed by atoms with Gasteiger partial charge in [-0.1, -0.05) is 44.5 Å². The second kappa shape index (κ2) is 7.30. The van der Waals surface area contributed by atoms with E-state index in [0.717, 1.165) is 33.6 Å². The van der Waals surface area contributed by atoms with E-state index in [4.69, 9.17) is 9.47 Å². The van der Waals surface area contributed by atoms with Crippen molar-refractivity contribution < 1.29 is 14.3 Å². The summed E-state index contributed by atoms with van der Waals surface area (Å²) >= 11 is 0. The van der Waals surface area contributed by atoms with E-state index in [9.17, 15) is 4.79 Å². The molecule has 2 aromatic carbocycles. The number of aryl methyl sites for hydroxylation is 3. The number of hydrogen-bond donors (Lipinski definition) is 0. The van der Waals surface area contributed by atoms with Gasteiger partial charge in [-0.2, -0.15) is 0 Å². The van der Waals surface area contributed by atoms with Gasteiger partial charge < -0.3 is 9.47 Å². The first-order valence-electron chi connectivity index (χ1n) is 8.60. The summed E-state index contributed by atoms with van der Waals surface area (Å²) in [6.07, 6.45) is 0. The third-order valence-corrected chi connectivity index (χ3v) is 4.28. The van der Waals surface area contributed by atoms with Crippen LogP contribution in [0.5, 0.6) is 11.5 Å². The number of hydrogen-bond acceptors (Lipinski definition) is 3. The van der Waals surface area contributed by atoms with Crippen molar-refractivity contribution >= 4 is 5.97 Å². The Labute approximate surface area is 151 Å². The Morgan fingerprint density at radius 3 is 2.24 bits per heavy atom. The molecule has 0 heterocycles. The van der Waals surface area contributed by atoms with Crippen LogP contribution in [-0.2, 0) is 10.2 Å². The molecule has 134 valence electrons. The third-order valence-electron chi connectivity index (χ3n) is 4.28. The fraction of sp³-hybridized carbons (Fsp3) is 0.409. The van der Waals surface area contributed by atoms with Crippen molar-refractivity contribution in [3.8, 4) is 11.5 Å². The number of ether oxygens (including phenoxy) is 2. The zero-order valence-corrected chi connectivity index (χ0v) is 16.3. The Hall–Kier alpha value is -2.29. The summed E-state index contributed by atoms with van der Waals surface area (Å²) in [5.74, 6) is 0.936. The van der Waals surface area contributed by atoms with E-state index >= 15 is 0 Å². The molecule has 0 bridgehead atoms. The van der Waals surface area contributed by atoms with E-state index in [1.165, 1.54) is 0 Å². The van der Waals surface area contributed by atoms with E-state index in [-0.39, 0.29) is 12.0 Å². The lowest BCUT2D eigenvalue weighted by Gasteiger charge is -2.23. The minimum Gasteiger partial charge on any atom is -0.482 e. The molecule has 2 rings (SSSR count). The zero-order valence-electron chi connectivity index (χ0n) is 16.3. The smallest absolute Gasteiger partial charge is 0.349 e. The monoisotopic (exact) mass is 340 g/mol. The molecular formula is C22H28O3. The van der Waals surface area contributed by atoms with Crippen LogP contribution in [0.3, 0.4) is 0 Å². The largest absolute Gasteiger partial charge is 0.482 e. The van der Waals surface area contributed by atoms with Crippen LogP contribution >= 0.6 is 0 Å². The highest BCUT2D eigenvalue weighted by Gasteiger charge is 2.21. The van der Waals surface area contributed by atoms with Crippen LogP contribution in [-0.4, -0.2) is 12.6 Å². The first kappa shape index (κ1) is 19.0. The number of carbonyl (C=O) groups is 1. The molecule has 0 aromatic heterocycles. The fourth-order valence-electron chi connectivity index (χ4n) is 2.76. The van der Waals surface area contributed by atoms with Gasteiger partial charge in [0.2, 0.25) is 0 Å². The lowest BCUT2D eigenvalue weighted by molar-refractivity contribution is -0.136. The minimum atomic E-state index is -0.395. The van der Waals surface area contributed by atoms with E-state index in [2.05, 4.69) is 32.9 Å². The second-order valence-electron chi connectivity index (χ2n) is 7.72. The molecule has 0 spiro atoms. The standard InChI is InChI=1S/C22H28O3/c1-14-8-9-19(18(11-14)22(5,6)7)25-21(23)13-24-20-12-15(2)10-16(3)17(20)4/h8-12H,13H2,1-7H3. The number of rotatable bonds is 4. The van der Waals surface area contributed by atoms with E-state index < -0.39 is 5.97 Å². The highest BCUT2D eigenvalue weighted by Crippen LogP contribution is 2.32. The van der Waals surface area contributed by atoms with E-state index in [1.807, 2.05) is 45.9 Å². The lowest BCUT2D eigenvalue weighted by atomic mass is 9.85. The second-order valence-corrected chi connectivity index (χ2v) is 7.72.